The van der Waals surface area contributed by atoms with Gasteiger partial charge in [-0.25, -0.2) is 0 Å². The van der Waals surface area contributed by atoms with Crippen molar-refractivity contribution in [3.05, 3.63) is 58.4 Å². The van der Waals surface area contributed by atoms with Gasteiger partial charge in [0.05, 0.1) is 11.3 Å². The van der Waals surface area contributed by atoms with Crippen molar-refractivity contribution < 1.29 is 4.79 Å². The summed E-state index contributed by atoms with van der Waals surface area (Å²) < 4.78 is 0. The van der Waals surface area contributed by atoms with Gasteiger partial charge in [0.2, 0.25) is 0 Å². The van der Waals surface area contributed by atoms with Crippen LogP contribution in [0, 0.1) is 6.92 Å². The molecule has 0 spiro atoms. The van der Waals surface area contributed by atoms with Gasteiger partial charge in [0.1, 0.15) is 0 Å². The highest BCUT2D eigenvalue weighted by Gasteiger charge is 2.17. The molecule has 110 valence electrons. The van der Waals surface area contributed by atoms with E-state index in [1.807, 2.05) is 25.1 Å². The van der Waals surface area contributed by atoms with Crippen LogP contribution in [-0.4, -0.2) is 22.8 Å². The quantitative estimate of drug-likeness (QED) is 0.673. The van der Waals surface area contributed by atoms with Gasteiger partial charge < -0.3 is 10.3 Å². The van der Waals surface area contributed by atoms with E-state index >= 15 is 0 Å². The molecular formula is C15H17ClN4O. The second kappa shape index (κ2) is 6.56. The predicted molar refractivity (Wildman–Crippen MR) is 84.0 cm³/mol. The molecule has 0 aliphatic carbocycles. The summed E-state index contributed by atoms with van der Waals surface area (Å²) in [6.07, 6.45) is 1.52. The molecule has 5 nitrogen and oxygen atoms in total. The number of hydrogen-bond acceptors (Lipinski definition) is 4. The van der Waals surface area contributed by atoms with Crippen LogP contribution < -0.4 is 11.3 Å². The molecule has 0 bridgehead atoms. The van der Waals surface area contributed by atoms with Crippen molar-refractivity contribution in [1.82, 2.24) is 9.88 Å². The third kappa shape index (κ3) is 3.51. The van der Waals surface area contributed by atoms with E-state index in [1.165, 1.54) is 6.20 Å². The number of aryl methyl sites for hydroxylation is 1. The van der Waals surface area contributed by atoms with Crippen LogP contribution in [-0.2, 0) is 6.54 Å². The van der Waals surface area contributed by atoms with E-state index in [-0.39, 0.29) is 5.91 Å². The number of amides is 1. The number of hydrazine groups is 1. The van der Waals surface area contributed by atoms with Crippen LogP contribution in [0.3, 0.4) is 0 Å². The van der Waals surface area contributed by atoms with Crippen LogP contribution in [0.25, 0.3) is 0 Å². The maximum Gasteiger partial charge on any atom is 0.257 e. The second-order valence-electron chi connectivity index (χ2n) is 4.77. The molecule has 1 aromatic carbocycles. The number of nitrogens with one attached hydrogen (secondary N) is 1. The Morgan fingerprint density at radius 1 is 1.43 bits per heavy atom. The van der Waals surface area contributed by atoms with E-state index in [4.69, 9.17) is 17.4 Å². The zero-order valence-electron chi connectivity index (χ0n) is 11.9. The van der Waals surface area contributed by atoms with Gasteiger partial charge in [-0.3, -0.25) is 15.6 Å². The minimum atomic E-state index is -0.171. The number of nitrogens with zero attached hydrogens (tertiary/aromatic N) is 2. The van der Waals surface area contributed by atoms with E-state index in [0.29, 0.717) is 22.8 Å². The first-order valence-electron chi connectivity index (χ1n) is 6.45. The molecule has 0 atom stereocenters. The van der Waals surface area contributed by atoms with Crippen LogP contribution in [0.1, 0.15) is 21.6 Å². The SMILES string of the molecule is Cc1cc(NN)c(C(=O)N(C)Cc2ccccc2Cl)cn1. The largest absolute Gasteiger partial charge is 0.337 e. The number of nitrogen functional groups attached to an aromatic ring is 1. The second-order valence-corrected chi connectivity index (χ2v) is 5.18. The Hall–Kier alpha value is -2.11. The molecule has 1 heterocycles. The third-order valence-electron chi connectivity index (χ3n) is 3.14. The molecule has 0 fully saturated rings. The Morgan fingerprint density at radius 3 is 2.81 bits per heavy atom. The molecule has 21 heavy (non-hydrogen) atoms. The molecule has 0 aliphatic rings. The molecular weight excluding hydrogens is 288 g/mol. The molecule has 1 aromatic heterocycles. The van der Waals surface area contributed by atoms with Gasteiger partial charge in [-0.2, -0.15) is 0 Å². The number of rotatable bonds is 4. The van der Waals surface area contributed by atoms with E-state index in [0.717, 1.165) is 11.3 Å². The molecule has 6 heteroatoms. The third-order valence-corrected chi connectivity index (χ3v) is 3.51. The summed E-state index contributed by atoms with van der Waals surface area (Å²) in [5.74, 6) is 5.29. The monoisotopic (exact) mass is 304 g/mol. The van der Waals surface area contributed by atoms with Gasteiger partial charge in [-0.1, -0.05) is 29.8 Å². The molecule has 0 radical (unpaired) electrons. The van der Waals surface area contributed by atoms with Crippen molar-refractivity contribution in [2.24, 2.45) is 5.84 Å². The van der Waals surface area contributed by atoms with E-state index in [9.17, 15) is 4.79 Å². The summed E-state index contributed by atoms with van der Waals surface area (Å²) in [4.78, 5) is 18.2. The highest BCUT2D eigenvalue weighted by atomic mass is 35.5. The van der Waals surface area contributed by atoms with Gasteiger partial charge in [0.25, 0.3) is 5.91 Å². The molecule has 2 aromatic rings. The van der Waals surface area contributed by atoms with Crippen molar-refractivity contribution in [3.8, 4) is 0 Å². The lowest BCUT2D eigenvalue weighted by atomic mass is 10.1. The Kier molecular flexibility index (Phi) is 4.77. The summed E-state index contributed by atoms with van der Waals surface area (Å²) >= 11 is 6.12. The lowest BCUT2D eigenvalue weighted by molar-refractivity contribution is 0.0785. The molecule has 0 unspecified atom stereocenters. The lowest BCUT2D eigenvalue weighted by Crippen LogP contribution is -2.28. The lowest BCUT2D eigenvalue weighted by Gasteiger charge is -2.19. The Balaban J connectivity index is 2.22. The van der Waals surface area contributed by atoms with Crippen LogP contribution in [0.4, 0.5) is 5.69 Å². The van der Waals surface area contributed by atoms with Crippen LogP contribution in [0.2, 0.25) is 5.02 Å². The number of halogens is 1. The van der Waals surface area contributed by atoms with Gasteiger partial charge in [0, 0.05) is 30.5 Å². The van der Waals surface area contributed by atoms with Gasteiger partial charge in [-0.15, -0.1) is 0 Å². The number of hydrogen-bond donors (Lipinski definition) is 2. The van der Waals surface area contributed by atoms with Crippen molar-refractivity contribution in [2.75, 3.05) is 12.5 Å². The average molecular weight is 305 g/mol. The first kappa shape index (κ1) is 15.3. The van der Waals surface area contributed by atoms with Crippen LogP contribution in [0.15, 0.2) is 36.5 Å². The van der Waals surface area contributed by atoms with Gasteiger partial charge in [0.15, 0.2) is 0 Å². The predicted octanol–water partition coefficient (Wildman–Crippen LogP) is 2.60. The van der Waals surface area contributed by atoms with E-state index < -0.39 is 0 Å². The molecule has 0 aliphatic heterocycles. The smallest absolute Gasteiger partial charge is 0.257 e. The molecule has 0 saturated carbocycles. The first-order chi connectivity index (χ1) is 10.0. The van der Waals surface area contributed by atoms with Crippen LogP contribution in [0.5, 0.6) is 0 Å². The normalized spacial score (nSPS) is 10.3. The average Bonchev–Trinajstić information content (AvgIpc) is 2.48. The highest BCUT2D eigenvalue weighted by molar-refractivity contribution is 6.31. The van der Waals surface area contributed by atoms with E-state index in [1.54, 1.807) is 24.1 Å². The fourth-order valence-electron chi connectivity index (χ4n) is 2.01. The zero-order chi connectivity index (χ0) is 15.4. The fourth-order valence-corrected chi connectivity index (χ4v) is 2.20. The molecule has 0 saturated heterocycles. The van der Waals surface area contributed by atoms with Crippen LogP contribution >= 0.6 is 11.6 Å². The van der Waals surface area contributed by atoms with Crippen molar-refractivity contribution in [3.63, 3.8) is 0 Å². The maximum absolute atomic E-state index is 12.5. The Bertz CT molecular complexity index is 660. The van der Waals surface area contributed by atoms with Gasteiger partial charge in [-0.05, 0) is 24.6 Å². The topological polar surface area (TPSA) is 71.2 Å². The van der Waals surface area contributed by atoms with Crippen molar-refractivity contribution in [1.29, 1.82) is 0 Å². The number of carbonyl (C=O) groups excluding carboxylic acids is 1. The van der Waals surface area contributed by atoms with Gasteiger partial charge >= 0.3 is 0 Å². The maximum atomic E-state index is 12.5. The summed E-state index contributed by atoms with van der Waals surface area (Å²) in [7, 11) is 1.71. The Morgan fingerprint density at radius 2 is 2.14 bits per heavy atom. The summed E-state index contributed by atoms with van der Waals surface area (Å²) in [5.41, 5.74) is 5.19. The molecule has 3 N–H and O–H groups in total. The summed E-state index contributed by atoms with van der Waals surface area (Å²) in [6.45, 7) is 2.25. The zero-order valence-corrected chi connectivity index (χ0v) is 12.7. The number of aromatic nitrogens is 1. The minimum Gasteiger partial charge on any atom is -0.337 e. The first-order valence-corrected chi connectivity index (χ1v) is 6.83. The molecule has 2 rings (SSSR count). The van der Waals surface area contributed by atoms with E-state index in [2.05, 4.69) is 10.4 Å². The van der Waals surface area contributed by atoms with Crippen molar-refractivity contribution >= 4 is 23.2 Å². The number of carbonyl (C=O) groups is 1. The molecule has 1 amide bonds. The number of pyridine rings is 1. The Labute approximate surface area is 128 Å². The fraction of sp³-hybridized carbons (Fsp3) is 0.200. The highest BCUT2D eigenvalue weighted by Crippen LogP contribution is 2.20. The van der Waals surface area contributed by atoms with Crippen molar-refractivity contribution in [2.45, 2.75) is 13.5 Å². The summed E-state index contributed by atoms with van der Waals surface area (Å²) in [6, 6.07) is 9.17. The standard InChI is InChI=1S/C15H17ClN4O/c1-10-7-14(19-17)12(8-18-10)15(21)20(2)9-11-5-3-4-6-13(11)16/h3-8H,9,17H2,1-2H3,(H,18,19). The number of benzene rings is 1. The summed E-state index contributed by atoms with van der Waals surface area (Å²) in [5, 5.41) is 0.636. The number of anilines is 1. The number of nitrogens with two attached hydrogens (primary N) is 1. The minimum absolute atomic E-state index is 0.171.